The predicted molar refractivity (Wildman–Crippen MR) is 78.1 cm³/mol. The van der Waals surface area contributed by atoms with E-state index < -0.39 is 0 Å². The summed E-state index contributed by atoms with van der Waals surface area (Å²) in [4.78, 5) is 12.8. The molecule has 1 aromatic carbocycles. The lowest BCUT2D eigenvalue weighted by molar-refractivity contribution is -0.117. The van der Waals surface area contributed by atoms with Gasteiger partial charge in [0.25, 0.3) is 0 Å². The van der Waals surface area contributed by atoms with E-state index in [0.29, 0.717) is 31.0 Å². The van der Waals surface area contributed by atoms with Crippen molar-refractivity contribution in [3.05, 3.63) is 46.7 Å². The predicted octanol–water partition coefficient (Wildman–Crippen LogP) is 2.88. The van der Waals surface area contributed by atoms with Gasteiger partial charge in [0.15, 0.2) is 0 Å². The number of nitrogens with one attached hydrogen (secondary N) is 1. The zero-order valence-corrected chi connectivity index (χ0v) is 11.3. The first-order chi connectivity index (χ1) is 9.25. The van der Waals surface area contributed by atoms with E-state index in [-0.39, 0.29) is 5.91 Å². The van der Waals surface area contributed by atoms with Gasteiger partial charge in [-0.05, 0) is 23.6 Å². The summed E-state index contributed by atoms with van der Waals surface area (Å²) in [6.45, 7) is 0.953. The van der Waals surface area contributed by atoms with Crippen LogP contribution in [0.25, 0.3) is 0 Å². The molecular formula is C14H16N2O2S. The number of carbonyl (C=O) groups is 1. The molecule has 3 N–H and O–H groups in total. The van der Waals surface area contributed by atoms with Crippen molar-refractivity contribution in [3.63, 3.8) is 0 Å². The molecule has 2 aromatic rings. The molecule has 0 radical (unpaired) electrons. The van der Waals surface area contributed by atoms with Crippen LogP contribution in [0.15, 0.2) is 41.8 Å². The van der Waals surface area contributed by atoms with Gasteiger partial charge in [-0.25, -0.2) is 0 Å². The molecule has 0 fully saturated rings. The monoisotopic (exact) mass is 276 g/mol. The van der Waals surface area contributed by atoms with Crippen molar-refractivity contribution in [1.29, 1.82) is 0 Å². The molecule has 0 bridgehead atoms. The minimum absolute atomic E-state index is 0.0934. The molecule has 2 rings (SSSR count). The number of para-hydroxylation sites is 2. The number of anilines is 2. The van der Waals surface area contributed by atoms with Crippen molar-refractivity contribution in [2.45, 2.75) is 13.0 Å². The Kier molecular flexibility index (Phi) is 4.94. The van der Waals surface area contributed by atoms with Crippen molar-refractivity contribution >= 4 is 28.6 Å². The van der Waals surface area contributed by atoms with E-state index in [9.17, 15) is 4.79 Å². The molecule has 0 saturated carbocycles. The van der Waals surface area contributed by atoms with Gasteiger partial charge >= 0.3 is 0 Å². The highest BCUT2D eigenvalue weighted by Crippen LogP contribution is 2.16. The second kappa shape index (κ2) is 6.92. The summed E-state index contributed by atoms with van der Waals surface area (Å²) in [6, 6.07) is 11.2. The summed E-state index contributed by atoms with van der Waals surface area (Å²) >= 11 is 1.64. The molecular weight excluding hydrogens is 260 g/mol. The average Bonchev–Trinajstić information content (AvgIpc) is 2.91. The molecule has 1 amide bonds. The van der Waals surface area contributed by atoms with Crippen LogP contribution in [0, 0.1) is 0 Å². The van der Waals surface area contributed by atoms with Gasteiger partial charge in [-0.1, -0.05) is 18.2 Å². The molecule has 0 spiro atoms. The van der Waals surface area contributed by atoms with Crippen molar-refractivity contribution < 1.29 is 9.53 Å². The smallest absolute Gasteiger partial charge is 0.226 e. The fourth-order valence-electron chi connectivity index (χ4n) is 1.56. The Labute approximate surface area is 116 Å². The highest BCUT2D eigenvalue weighted by molar-refractivity contribution is 7.09. The largest absolute Gasteiger partial charge is 0.397 e. The van der Waals surface area contributed by atoms with E-state index in [1.165, 1.54) is 0 Å². The minimum atomic E-state index is -0.0934. The van der Waals surface area contributed by atoms with E-state index >= 15 is 0 Å². The number of nitrogens with two attached hydrogens (primary N) is 1. The van der Waals surface area contributed by atoms with E-state index in [1.807, 2.05) is 29.6 Å². The van der Waals surface area contributed by atoms with Crippen molar-refractivity contribution in [1.82, 2.24) is 0 Å². The van der Waals surface area contributed by atoms with Gasteiger partial charge in [0, 0.05) is 4.88 Å². The zero-order valence-electron chi connectivity index (χ0n) is 10.5. The van der Waals surface area contributed by atoms with Crippen LogP contribution in [0.4, 0.5) is 11.4 Å². The molecule has 100 valence electrons. The van der Waals surface area contributed by atoms with Crippen molar-refractivity contribution in [2.24, 2.45) is 0 Å². The third-order valence-electron chi connectivity index (χ3n) is 2.53. The van der Waals surface area contributed by atoms with Gasteiger partial charge in [0.2, 0.25) is 5.91 Å². The fourth-order valence-corrected chi connectivity index (χ4v) is 2.20. The quantitative estimate of drug-likeness (QED) is 0.630. The van der Waals surface area contributed by atoms with E-state index in [0.717, 1.165) is 4.88 Å². The topological polar surface area (TPSA) is 64.3 Å². The first-order valence-corrected chi connectivity index (χ1v) is 6.88. The van der Waals surface area contributed by atoms with Crippen LogP contribution < -0.4 is 11.1 Å². The number of nitrogen functional groups attached to an aromatic ring is 1. The summed E-state index contributed by atoms with van der Waals surface area (Å²) in [5, 5.41) is 4.77. The van der Waals surface area contributed by atoms with E-state index in [1.54, 1.807) is 23.5 Å². The highest BCUT2D eigenvalue weighted by Gasteiger charge is 2.04. The van der Waals surface area contributed by atoms with Crippen molar-refractivity contribution in [3.8, 4) is 0 Å². The molecule has 0 atom stereocenters. The SMILES string of the molecule is Nc1ccccc1NC(=O)CCOCc1cccs1. The summed E-state index contributed by atoms with van der Waals surface area (Å²) in [5.74, 6) is -0.0934. The molecule has 5 heteroatoms. The second-order valence-electron chi connectivity index (χ2n) is 4.02. The minimum Gasteiger partial charge on any atom is -0.397 e. The number of carbonyl (C=O) groups excluding carboxylic acids is 1. The summed E-state index contributed by atoms with van der Waals surface area (Å²) in [7, 11) is 0. The number of benzene rings is 1. The van der Waals surface area contributed by atoms with Crippen LogP contribution in [-0.2, 0) is 16.1 Å². The number of hydrogen-bond donors (Lipinski definition) is 2. The molecule has 0 aliphatic carbocycles. The Morgan fingerprint density at radius 2 is 2.11 bits per heavy atom. The summed E-state index contributed by atoms with van der Waals surface area (Å²) in [5.41, 5.74) is 6.95. The molecule has 4 nitrogen and oxygen atoms in total. The molecule has 19 heavy (non-hydrogen) atoms. The number of ether oxygens (including phenoxy) is 1. The number of rotatable bonds is 6. The third kappa shape index (κ3) is 4.39. The van der Waals surface area contributed by atoms with Crippen LogP contribution in [0.5, 0.6) is 0 Å². The molecule has 0 aliphatic heterocycles. The van der Waals surface area contributed by atoms with Gasteiger partial charge in [-0.2, -0.15) is 0 Å². The number of thiophene rings is 1. The Morgan fingerprint density at radius 1 is 1.26 bits per heavy atom. The van der Waals surface area contributed by atoms with Crippen molar-refractivity contribution in [2.75, 3.05) is 17.7 Å². The number of hydrogen-bond acceptors (Lipinski definition) is 4. The first-order valence-electron chi connectivity index (χ1n) is 6.00. The molecule has 0 saturated heterocycles. The van der Waals surface area contributed by atoms with Crippen LogP contribution >= 0.6 is 11.3 Å². The van der Waals surface area contributed by atoms with Crippen LogP contribution in [0.2, 0.25) is 0 Å². The van der Waals surface area contributed by atoms with Gasteiger partial charge in [0.1, 0.15) is 0 Å². The van der Waals surface area contributed by atoms with E-state index in [4.69, 9.17) is 10.5 Å². The lowest BCUT2D eigenvalue weighted by atomic mass is 10.2. The van der Waals surface area contributed by atoms with Crippen LogP contribution in [0.3, 0.4) is 0 Å². The maximum atomic E-state index is 11.7. The normalized spacial score (nSPS) is 10.3. The molecule has 1 heterocycles. The van der Waals surface area contributed by atoms with Gasteiger partial charge in [0.05, 0.1) is 31.0 Å². The summed E-state index contributed by atoms with van der Waals surface area (Å²) in [6.07, 6.45) is 0.319. The Hall–Kier alpha value is -1.85. The molecule has 0 aliphatic rings. The fraction of sp³-hybridized carbons (Fsp3) is 0.214. The average molecular weight is 276 g/mol. The maximum Gasteiger partial charge on any atom is 0.226 e. The summed E-state index contributed by atoms with van der Waals surface area (Å²) < 4.78 is 5.43. The number of amides is 1. The molecule has 0 unspecified atom stereocenters. The zero-order chi connectivity index (χ0) is 13.5. The van der Waals surface area contributed by atoms with Gasteiger partial charge in [-0.3, -0.25) is 4.79 Å². The van der Waals surface area contributed by atoms with Crippen LogP contribution in [-0.4, -0.2) is 12.5 Å². The second-order valence-corrected chi connectivity index (χ2v) is 5.05. The third-order valence-corrected chi connectivity index (χ3v) is 3.38. The maximum absolute atomic E-state index is 11.7. The Bertz CT molecular complexity index is 526. The Morgan fingerprint density at radius 3 is 2.84 bits per heavy atom. The lowest BCUT2D eigenvalue weighted by Crippen LogP contribution is -2.15. The molecule has 1 aromatic heterocycles. The van der Waals surface area contributed by atoms with E-state index in [2.05, 4.69) is 5.32 Å². The Balaban J connectivity index is 1.69. The highest BCUT2D eigenvalue weighted by atomic mass is 32.1. The van der Waals surface area contributed by atoms with Gasteiger partial charge < -0.3 is 15.8 Å². The lowest BCUT2D eigenvalue weighted by Gasteiger charge is -2.07. The van der Waals surface area contributed by atoms with Crippen LogP contribution in [0.1, 0.15) is 11.3 Å². The first kappa shape index (κ1) is 13.6. The van der Waals surface area contributed by atoms with Gasteiger partial charge in [-0.15, -0.1) is 11.3 Å². The standard InChI is InChI=1S/C14H16N2O2S/c15-12-5-1-2-6-13(12)16-14(17)7-8-18-10-11-4-3-9-19-11/h1-6,9H,7-8,10,15H2,(H,16,17).